The quantitative estimate of drug-likeness (QED) is 0.0358. The van der Waals surface area contributed by atoms with Gasteiger partial charge in [-0.25, -0.2) is 19.2 Å². The average molecular weight is 649 g/mol. The van der Waals surface area contributed by atoms with Gasteiger partial charge in [0, 0.05) is 22.3 Å². The van der Waals surface area contributed by atoms with Crippen LogP contribution in [-0.2, 0) is 38.1 Å². The van der Waals surface area contributed by atoms with E-state index < -0.39 is 0 Å². The van der Waals surface area contributed by atoms with Gasteiger partial charge in [-0.1, -0.05) is 116 Å². The zero-order valence-corrected chi connectivity index (χ0v) is 29.7. The molecule has 0 aromatic carbocycles. The van der Waals surface area contributed by atoms with E-state index in [2.05, 4.69) is 26.3 Å². The van der Waals surface area contributed by atoms with Crippen molar-refractivity contribution in [3.05, 3.63) is 48.6 Å². The van der Waals surface area contributed by atoms with Gasteiger partial charge in [0.05, 0.1) is 26.4 Å². The van der Waals surface area contributed by atoms with Crippen molar-refractivity contribution in [2.45, 2.75) is 143 Å². The van der Waals surface area contributed by atoms with E-state index >= 15 is 0 Å². The molecule has 264 valence electrons. The fraction of sp³-hybridized carbons (Fsp3) is 0.684. The Morgan fingerprint density at radius 1 is 0.304 bits per heavy atom. The molecular formula is C38H64O8. The summed E-state index contributed by atoms with van der Waals surface area (Å²) in [4.78, 5) is 44.6. The SMILES string of the molecule is C=C(C)C(=O)OCCCCCCCCCCCCOC(=O)C(=C)C.C=C(C)C(=O)OCCCCCCCCCCOC(=O)C(=C)C. The minimum Gasteiger partial charge on any atom is -0.462 e. The van der Waals surface area contributed by atoms with Crippen molar-refractivity contribution in [1.82, 2.24) is 0 Å². The Morgan fingerprint density at radius 3 is 0.565 bits per heavy atom. The lowest BCUT2D eigenvalue weighted by Gasteiger charge is -2.05. The van der Waals surface area contributed by atoms with E-state index in [0.717, 1.165) is 64.2 Å². The van der Waals surface area contributed by atoms with E-state index in [-0.39, 0.29) is 23.9 Å². The van der Waals surface area contributed by atoms with Crippen molar-refractivity contribution in [2.75, 3.05) is 26.4 Å². The molecule has 0 bridgehead atoms. The summed E-state index contributed by atoms with van der Waals surface area (Å²) >= 11 is 0. The van der Waals surface area contributed by atoms with E-state index in [1.165, 1.54) is 51.4 Å². The van der Waals surface area contributed by atoms with E-state index in [9.17, 15) is 19.2 Å². The Balaban J connectivity index is 0. The first kappa shape index (κ1) is 45.0. The Hall–Kier alpha value is -3.16. The number of carbonyl (C=O) groups excluding carboxylic acids is 4. The third-order valence-electron chi connectivity index (χ3n) is 6.90. The number of carbonyl (C=O) groups is 4. The molecule has 8 nitrogen and oxygen atoms in total. The molecular weight excluding hydrogens is 584 g/mol. The van der Waals surface area contributed by atoms with Crippen LogP contribution in [0.5, 0.6) is 0 Å². The zero-order valence-electron chi connectivity index (χ0n) is 29.7. The standard InChI is InChI=1S/C20H34O4.C18H30O4/c1-17(2)19(21)23-15-13-11-9-7-5-6-8-10-12-14-16-24-20(22)18(3)4;1-15(2)17(19)21-13-11-9-7-5-6-8-10-12-14-22-18(20)16(3)4/h1,3,5-16H2,2,4H3;1,3,5-14H2,2,4H3. The van der Waals surface area contributed by atoms with Gasteiger partial charge < -0.3 is 18.9 Å². The summed E-state index contributed by atoms with van der Waals surface area (Å²) in [5, 5.41) is 0. The number of ether oxygens (including phenoxy) is 4. The second kappa shape index (κ2) is 31.8. The molecule has 0 aromatic heterocycles. The molecule has 0 radical (unpaired) electrons. The van der Waals surface area contributed by atoms with Crippen LogP contribution >= 0.6 is 0 Å². The number of esters is 4. The lowest BCUT2D eigenvalue weighted by molar-refractivity contribution is -0.139. The highest BCUT2D eigenvalue weighted by atomic mass is 16.5. The smallest absolute Gasteiger partial charge is 0.333 e. The van der Waals surface area contributed by atoms with Gasteiger partial charge >= 0.3 is 23.9 Å². The number of unbranched alkanes of at least 4 members (excludes halogenated alkanes) is 16. The van der Waals surface area contributed by atoms with Gasteiger partial charge in [-0.2, -0.15) is 0 Å². The molecule has 0 aliphatic heterocycles. The summed E-state index contributed by atoms with van der Waals surface area (Å²) in [6, 6.07) is 0. The van der Waals surface area contributed by atoms with E-state index in [0.29, 0.717) is 48.7 Å². The third kappa shape index (κ3) is 32.2. The molecule has 0 saturated heterocycles. The molecule has 0 atom stereocenters. The van der Waals surface area contributed by atoms with Gasteiger partial charge in [-0.3, -0.25) is 0 Å². The lowest BCUT2D eigenvalue weighted by atomic mass is 10.1. The highest BCUT2D eigenvalue weighted by Crippen LogP contribution is 2.12. The van der Waals surface area contributed by atoms with Gasteiger partial charge in [0.1, 0.15) is 0 Å². The molecule has 0 amide bonds. The number of rotatable bonds is 28. The summed E-state index contributed by atoms with van der Waals surface area (Å²) < 4.78 is 20.1. The van der Waals surface area contributed by atoms with Crippen molar-refractivity contribution in [3.8, 4) is 0 Å². The van der Waals surface area contributed by atoms with Crippen LogP contribution in [0.2, 0.25) is 0 Å². The first-order valence-electron chi connectivity index (χ1n) is 17.2. The second-order valence-corrected chi connectivity index (χ2v) is 12.0. The molecule has 8 heteroatoms. The average Bonchev–Trinajstić information content (AvgIpc) is 3.01. The minimum atomic E-state index is -0.299. The van der Waals surface area contributed by atoms with Gasteiger partial charge in [-0.05, 0) is 53.4 Å². The Labute approximate surface area is 280 Å². The van der Waals surface area contributed by atoms with Crippen LogP contribution in [0.4, 0.5) is 0 Å². The summed E-state index contributed by atoms with van der Waals surface area (Å²) in [5.41, 5.74) is 1.83. The monoisotopic (exact) mass is 648 g/mol. The molecule has 0 fully saturated rings. The normalized spacial score (nSPS) is 10.2. The Kier molecular flexibility index (Phi) is 31.1. The number of hydrogen-bond donors (Lipinski definition) is 0. The van der Waals surface area contributed by atoms with E-state index in [1.54, 1.807) is 27.7 Å². The van der Waals surface area contributed by atoms with Crippen molar-refractivity contribution >= 4 is 23.9 Å². The maximum Gasteiger partial charge on any atom is 0.333 e. The predicted octanol–water partition coefficient (Wildman–Crippen LogP) is 9.47. The van der Waals surface area contributed by atoms with Crippen LogP contribution in [0, 0.1) is 0 Å². The maximum absolute atomic E-state index is 11.2. The van der Waals surface area contributed by atoms with Gasteiger partial charge in [0.15, 0.2) is 0 Å². The van der Waals surface area contributed by atoms with E-state index in [1.807, 2.05) is 0 Å². The van der Waals surface area contributed by atoms with Crippen molar-refractivity contribution in [3.63, 3.8) is 0 Å². The molecule has 0 saturated carbocycles. The molecule has 0 aliphatic carbocycles. The van der Waals surface area contributed by atoms with Gasteiger partial charge in [0.25, 0.3) is 0 Å². The molecule has 0 rings (SSSR count). The Morgan fingerprint density at radius 2 is 0.435 bits per heavy atom. The van der Waals surface area contributed by atoms with Crippen LogP contribution < -0.4 is 0 Å². The zero-order chi connectivity index (χ0) is 35.0. The van der Waals surface area contributed by atoms with Crippen LogP contribution in [-0.4, -0.2) is 50.3 Å². The third-order valence-corrected chi connectivity index (χ3v) is 6.90. The largest absolute Gasteiger partial charge is 0.462 e. The Bertz CT molecular complexity index is 844. The van der Waals surface area contributed by atoms with Crippen LogP contribution in [0.1, 0.15) is 143 Å². The highest BCUT2D eigenvalue weighted by molar-refractivity contribution is 5.88. The highest BCUT2D eigenvalue weighted by Gasteiger charge is 2.04. The fourth-order valence-electron chi connectivity index (χ4n) is 4.04. The molecule has 0 N–H and O–H groups in total. The molecule has 0 spiro atoms. The van der Waals surface area contributed by atoms with E-state index in [4.69, 9.17) is 18.9 Å². The lowest BCUT2D eigenvalue weighted by Crippen LogP contribution is -2.06. The van der Waals surface area contributed by atoms with Crippen LogP contribution in [0.3, 0.4) is 0 Å². The summed E-state index contributed by atoms with van der Waals surface area (Å²) in [6.07, 6.45) is 20.2. The maximum atomic E-state index is 11.2. The summed E-state index contributed by atoms with van der Waals surface area (Å²) in [7, 11) is 0. The number of hydrogen-bond acceptors (Lipinski definition) is 8. The van der Waals surface area contributed by atoms with Crippen LogP contribution in [0.25, 0.3) is 0 Å². The van der Waals surface area contributed by atoms with Crippen molar-refractivity contribution in [2.24, 2.45) is 0 Å². The molecule has 0 aromatic rings. The fourth-order valence-corrected chi connectivity index (χ4v) is 4.04. The first-order chi connectivity index (χ1) is 21.9. The van der Waals surface area contributed by atoms with Crippen molar-refractivity contribution in [1.29, 1.82) is 0 Å². The van der Waals surface area contributed by atoms with Gasteiger partial charge in [-0.15, -0.1) is 0 Å². The topological polar surface area (TPSA) is 105 Å². The second-order valence-electron chi connectivity index (χ2n) is 12.0. The van der Waals surface area contributed by atoms with Crippen molar-refractivity contribution < 1.29 is 38.1 Å². The minimum absolute atomic E-state index is 0.288. The van der Waals surface area contributed by atoms with Crippen LogP contribution in [0.15, 0.2) is 48.6 Å². The summed E-state index contributed by atoms with van der Waals surface area (Å²) in [5.74, 6) is -1.17. The molecule has 0 unspecified atom stereocenters. The first-order valence-corrected chi connectivity index (χ1v) is 17.2. The van der Waals surface area contributed by atoms with Gasteiger partial charge in [0.2, 0.25) is 0 Å². The molecule has 0 aliphatic rings. The molecule has 0 heterocycles. The molecule has 46 heavy (non-hydrogen) atoms. The summed E-state index contributed by atoms with van der Waals surface area (Å²) in [6.45, 7) is 22.8. The predicted molar refractivity (Wildman–Crippen MR) is 186 cm³/mol.